The first kappa shape index (κ1) is 14.2. The van der Waals surface area contributed by atoms with Gasteiger partial charge in [-0.25, -0.2) is 4.79 Å². The summed E-state index contributed by atoms with van der Waals surface area (Å²) in [7, 11) is 0. The molecule has 0 aromatic carbocycles. The van der Waals surface area contributed by atoms with Gasteiger partial charge in [0.05, 0.1) is 25.9 Å². The van der Waals surface area contributed by atoms with Crippen LogP contribution in [0.15, 0.2) is 0 Å². The van der Waals surface area contributed by atoms with Gasteiger partial charge in [0, 0.05) is 26.2 Å². The van der Waals surface area contributed by atoms with E-state index in [1.165, 1.54) is 0 Å². The second-order valence-electron chi connectivity index (χ2n) is 4.95. The average molecular weight is 272 g/mol. The van der Waals surface area contributed by atoms with Gasteiger partial charge in [0.15, 0.2) is 6.10 Å². The quantitative estimate of drug-likeness (QED) is 0.711. The van der Waals surface area contributed by atoms with Crippen LogP contribution in [-0.4, -0.2) is 84.9 Å². The fourth-order valence-corrected chi connectivity index (χ4v) is 2.33. The number of aliphatic carboxylic acids is 1. The van der Waals surface area contributed by atoms with Crippen molar-refractivity contribution >= 4 is 11.9 Å². The molecule has 2 saturated heterocycles. The van der Waals surface area contributed by atoms with Gasteiger partial charge in [0.1, 0.15) is 0 Å². The Hall–Kier alpha value is -1.18. The number of carboxylic acid groups (broad SMARTS) is 1. The maximum atomic E-state index is 12.1. The second-order valence-corrected chi connectivity index (χ2v) is 4.95. The van der Waals surface area contributed by atoms with Gasteiger partial charge in [-0.2, -0.15) is 0 Å². The van der Waals surface area contributed by atoms with E-state index in [0.29, 0.717) is 32.8 Å². The van der Waals surface area contributed by atoms with Gasteiger partial charge in [0.2, 0.25) is 5.91 Å². The molecule has 0 radical (unpaired) electrons. The molecule has 0 spiro atoms. The molecule has 2 rings (SSSR count). The molecule has 2 aliphatic heterocycles. The Morgan fingerprint density at radius 2 is 1.95 bits per heavy atom. The molecule has 19 heavy (non-hydrogen) atoms. The summed E-state index contributed by atoms with van der Waals surface area (Å²) in [6, 6.07) is 0. The van der Waals surface area contributed by atoms with Crippen molar-refractivity contribution in [2.24, 2.45) is 0 Å². The van der Waals surface area contributed by atoms with E-state index in [1.54, 1.807) is 4.90 Å². The zero-order valence-electron chi connectivity index (χ0n) is 11.1. The Morgan fingerprint density at radius 1 is 1.21 bits per heavy atom. The number of rotatable bonds is 3. The van der Waals surface area contributed by atoms with Crippen LogP contribution in [0, 0.1) is 0 Å². The lowest BCUT2D eigenvalue weighted by molar-refractivity contribution is -0.158. The highest BCUT2D eigenvalue weighted by molar-refractivity contribution is 5.78. The standard InChI is InChI=1S/C12H20N2O5/c1-9-6-14(3-5-18-9)11(15)8-13-2-4-19-10(7-13)12(16)17/h9-10H,2-8H2,1H3,(H,16,17). The van der Waals surface area contributed by atoms with Crippen LogP contribution in [0.2, 0.25) is 0 Å². The molecule has 1 amide bonds. The minimum absolute atomic E-state index is 0.0289. The molecular weight excluding hydrogens is 252 g/mol. The molecule has 2 unspecified atom stereocenters. The van der Waals surface area contributed by atoms with Crippen molar-refractivity contribution in [3.63, 3.8) is 0 Å². The molecule has 1 N–H and O–H groups in total. The van der Waals surface area contributed by atoms with Crippen LogP contribution >= 0.6 is 0 Å². The first-order chi connectivity index (χ1) is 9.06. The smallest absolute Gasteiger partial charge is 0.334 e. The lowest BCUT2D eigenvalue weighted by atomic mass is 10.2. The van der Waals surface area contributed by atoms with Crippen molar-refractivity contribution in [3.05, 3.63) is 0 Å². The summed E-state index contributed by atoms with van der Waals surface area (Å²) >= 11 is 0. The van der Waals surface area contributed by atoms with Crippen molar-refractivity contribution < 1.29 is 24.2 Å². The summed E-state index contributed by atoms with van der Waals surface area (Å²) in [4.78, 5) is 26.6. The molecule has 7 nitrogen and oxygen atoms in total. The van der Waals surface area contributed by atoms with Crippen molar-refractivity contribution in [2.75, 3.05) is 45.9 Å². The molecule has 0 saturated carbocycles. The Labute approximate surface area is 112 Å². The highest BCUT2D eigenvalue weighted by atomic mass is 16.5. The zero-order chi connectivity index (χ0) is 13.8. The van der Waals surface area contributed by atoms with E-state index in [1.807, 2.05) is 11.8 Å². The van der Waals surface area contributed by atoms with Crippen LogP contribution in [0.3, 0.4) is 0 Å². The third-order valence-corrected chi connectivity index (χ3v) is 3.38. The normalized spacial score (nSPS) is 29.2. The van der Waals surface area contributed by atoms with Gasteiger partial charge in [-0.3, -0.25) is 9.69 Å². The summed E-state index contributed by atoms with van der Waals surface area (Å²) in [6.07, 6.45) is -0.765. The predicted molar refractivity (Wildman–Crippen MR) is 65.8 cm³/mol. The number of carbonyl (C=O) groups is 2. The fourth-order valence-electron chi connectivity index (χ4n) is 2.33. The number of amides is 1. The number of nitrogens with zero attached hydrogens (tertiary/aromatic N) is 2. The third-order valence-electron chi connectivity index (χ3n) is 3.38. The minimum Gasteiger partial charge on any atom is -0.479 e. The first-order valence-electron chi connectivity index (χ1n) is 6.52. The molecule has 2 heterocycles. The topological polar surface area (TPSA) is 79.3 Å². The average Bonchev–Trinajstić information content (AvgIpc) is 2.39. The monoisotopic (exact) mass is 272 g/mol. The summed E-state index contributed by atoms with van der Waals surface area (Å²) in [5, 5.41) is 8.91. The van der Waals surface area contributed by atoms with Crippen LogP contribution in [0.25, 0.3) is 0 Å². The number of carbonyl (C=O) groups excluding carboxylic acids is 1. The fraction of sp³-hybridized carbons (Fsp3) is 0.833. The number of ether oxygens (including phenoxy) is 2. The van der Waals surface area contributed by atoms with Gasteiger partial charge in [-0.05, 0) is 6.92 Å². The zero-order valence-corrected chi connectivity index (χ0v) is 11.1. The van der Waals surface area contributed by atoms with Crippen LogP contribution in [0.1, 0.15) is 6.92 Å². The van der Waals surface area contributed by atoms with E-state index in [2.05, 4.69) is 0 Å². The van der Waals surface area contributed by atoms with E-state index in [0.717, 1.165) is 0 Å². The van der Waals surface area contributed by atoms with E-state index < -0.39 is 12.1 Å². The van der Waals surface area contributed by atoms with Gasteiger partial charge in [-0.1, -0.05) is 0 Å². The summed E-state index contributed by atoms with van der Waals surface area (Å²) in [5.41, 5.74) is 0. The van der Waals surface area contributed by atoms with E-state index in [4.69, 9.17) is 14.6 Å². The highest BCUT2D eigenvalue weighted by Crippen LogP contribution is 2.08. The van der Waals surface area contributed by atoms with Gasteiger partial charge in [-0.15, -0.1) is 0 Å². The first-order valence-corrected chi connectivity index (χ1v) is 6.52. The molecule has 2 atom stereocenters. The number of carboxylic acids is 1. The Bertz CT molecular complexity index is 349. The van der Waals surface area contributed by atoms with E-state index in [9.17, 15) is 9.59 Å². The predicted octanol–water partition coefficient (Wildman–Crippen LogP) is -0.981. The van der Waals surface area contributed by atoms with Crippen molar-refractivity contribution in [2.45, 2.75) is 19.1 Å². The van der Waals surface area contributed by atoms with Crippen molar-refractivity contribution in [1.29, 1.82) is 0 Å². The SMILES string of the molecule is CC1CN(C(=O)CN2CCOC(C(=O)O)C2)CCO1. The molecule has 0 aliphatic carbocycles. The van der Waals surface area contributed by atoms with Crippen LogP contribution < -0.4 is 0 Å². The number of morpholine rings is 2. The lowest BCUT2D eigenvalue weighted by Gasteiger charge is -2.35. The lowest BCUT2D eigenvalue weighted by Crippen LogP contribution is -2.52. The number of hydrogen-bond donors (Lipinski definition) is 1. The molecule has 2 aliphatic rings. The molecular formula is C12H20N2O5. The second kappa shape index (κ2) is 6.31. The minimum atomic E-state index is -0.975. The molecule has 108 valence electrons. The Kier molecular flexibility index (Phi) is 4.73. The molecule has 7 heteroatoms. The maximum absolute atomic E-state index is 12.1. The van der Waals surface area contributed by atoms with Crippen LogP contribution in [-0.2, 0) is 19.1 Å². The highest BCUT2D eigenvalue weighted by Gasteiger charge is 2.29. The van der Waals surface area contributed by atoms with Crippen LogP contribution in [0.4, 0.5) is 0 Å². The van der Waals surface area contributed by atoms with Crippen LogP contribution in [0.5, 0.6) is 0 Å². The van der Waals surface area contributed by atoms with E-state index in [-0.39, 0.29) is 25.1 Å². The van der Waals surface area contributed by atoms with E-state index >= 15 is 0 Å². The third kappa shape index (κ3) is 3.89. The summed E-state index contributed by atoms with van der Waals surface area (Å²) in [5.74, 6) is -0.946. The number of hydrogen-bond acceptors (Lipinski definition) is 5. The van der Waals surface area contributed by atoms with Gasteiger partial charge >= 0.3 is 5.97 Å². The van der Waals surface area contributed by atoms with Crippen molar-refractivity contribution in [1.82, 2.24) is 9.80 Å². The summed E-state index contributed by atoms with van der Waals surface area (Å²) in [6.45, 7) is 5.17. The Morgan fingerprint density at radius 3 is 2.63 bits per heavy atom. The molecule has 0 bridgehead atoms. The Balaban J connectivity index is 1.82. The maximum Gasteiger partial charge on any atom is 0.334 e. The molecule has 2 fully saturated rings. The van der Waals surface area contributed by atoms with Crippen molar-refractivity contribution in [3.8, 4) is 0 Å². The molecule has 0 aromatic rings. The van der Waals surface area contributed by atoms with Gasteiger partial charge in [0.25, 0.3) is 0 Å². The summed E-state index contributed by atoms with van der Waals surface area (Å²) < 4.78 is 10.5. The largest absolute Gasteiger partial charge is 0.479 e. The molecule has 0 aromatic heterocycles. The van der Waals surface area contributed by atoms with Gasteiger partial charge < -0.3 is 19.5 Å².